The van der Waals surface area contributed by atoms with E-state index in [1.165, 1.54) is 0 Å². The van der Waals surface area contributed by atoms with Crippen LogP contribution in [0.4, 0.5) is 0 Å². The van der Waals surface area contributed by atoms with Crippen LogP contribution in [0.2, 0.25) is 0 Å². The lowest BCUT2D eigenvalue weighted by Gasteiger charge is -2.02. The highest BCUT2D eigenvalue weighted by Gasteiger charge is 2.03. The van der Waals surface area contributed by atoms with Crippen molar-refractivity contribution in [1.29, 1.82) is 0 Å². The number of Topliss-reactive ketones (excluding diaryl/α,β-unsaturated/α-hetero) is 1. The second-order valence-corrected chi connectivity index (χ2v) is 2.85. The number of benzene rings is 1. The number of carbonyl (C=O) groups is 1. The van der Waals surface area contributed by atoms with Crippen molar-refractivity contribution < 1.29 is 14.3 Å². The largest absolute Gasteiger partial charge is 0.359 e. The van der Waals surface area contributed by atoms with E-state index in [0.29, 0.717) is 13.0 Å². The van der Waals surface area contributed by atoms with Gasteiger partial charge in [0.05, 0.1) is 6.61 Å². The third kappa shape index (κ3) is 3.68. The van der Waals surface area contributed by atoms with Gasteiger partial charge in [-0.15, -0.1) is 0 Å². The fraction of sp³-hybridized carbons (Fsp3) is 0.364. The molecule has 0 bridgehead atoms. The summed E-state index contributed by atoms with van der Waals surface area (Å²) in [6, 6.07) is 9.20. The van der Waals surface area contributed by atoms with Crippen molar-refractivity contribution in [3.63, 3.8) is 0 Å². The average molecular weight is 194 g/mol. The summed E-state index contributed by atoms with van der Waals surface area (Å²) in [5.41, 5.74) is 0.730. The Hall–Kier alpha value is -1.19. The summed E-state index contributed by atoms with van der Waals surface area (Å²) in [6.07, 6.45) is 0.396. The number of hydrogen-bond acceptors (Lipinski definition) is 3. The molecule has 0 atom stereocenters. The van der Waals surface area contributed by atoms with Crippen molar-refractivity contribution in [1.82, 2.24) is 0 Å². The highest BCUT2D eigenvalue weighted by atomic mass is 16.7. The lowest BCUT2D eigenvalue weighted by atomic mass is 10.1. The van der Waals surface area contributed by atoms with Crippen molar-refractivity contribution >= 4 is 5.78 Å². The van der Waals surface area contributed by atoms with Crippen molar-refractivity contribution in [3.8, 4) is 0 Å². The van der Waals surface area contributed by atoms with E-state index >= 15 is 0 Å². The second kappa shape index (κ2) is 6.29. The van der Waals surface area contributed by atoms with Gasteiger partial charge < -0.3 is 9.47 Å². The number of rotatable bonds is 6. The molecule has 0 aliphatic rings. The molecule has 76 valence electrons. The summed E-state index contributed by atoms with van der Waals surface area (Å²) >= 11 is 0. The van der Waals surface area contributed by atoms with E-state index in [2.05, 4.69) is 0 Å². The van der Waals surface area contributed by atoms with Gasteiger partial charge in [-0.2, -0.15) is 0 Å². The fourth-order valence-electron chi connectivity index (χ4n) is 1.08. The molecule has 0 unspecified atom stereocenters. The maximum absolute atomic E-state index is 11.5. The Balaban J connectivity index is 2.29. The Morgan fingerprint density at radius 3 is 2.64 bits per heavy atom. The topological polar surface area (TPSA) is 35.5 Å². The van der Waals surface area contributed by atoms with Crippen LogP contribution in [0.3, 0.4) is 0 Å². The SMILES string of the molecule is COCOCCC(=O)c1ccccc1. The molecule has 0 N–H and O–H groups in total. The first kappa shape index (κ1) is 10.9. The first-order chi connectivity index (χ1) is 6.84. The van der Waals surface area contributed by atoms with Gasteiger partial charge in [-0.1, -0.05) is 30.3 Å². The standard InChI is InChI=1S/C11H14O3/c1-13-9-14-8-7-11(12)10-5-3-2-4-6-10/h2-6H,7-9H2,1H3. The minimum absolute atomic E-state index is 0.0988. The van der Waals surface area contributed by atoms with Crippen LogP contribution in [0.5, 0.6) is 0 Å². The highest BCUT2D eigenvalue weighted by Crippen LogP contribution is 2.02. The summed E-state index contributed by atoms with van der Waals surface area (Å²) in [7, 11) is 1.55. The Bertz CT molecular complexity index is 269. The monoisotopic (exact) mass is 194 g/mol. The van der Waals surface area contributed by atoms with Crippen LogP contribution in [0.1, 0.15) is 16.8 Å². The molecule has 0 radical (unpaired) electrons. The molecule has 0 saturated heterocycles. The molecule has 0 aliphatic carbocycles. The number of carbonyl (C=O) groups excluding carboxylic acids is 1. The number of methoxy groups -OCH3 is 1. The smallest absolute Gasteiger partial charge is 0.165 e. The molecule has 0 saturated carbocycles. The molecular formula is C11H14O3. The van der Waals surface area contributed by atoms with Crippen LogP contribution in [-0.2, 0) is 9.47 Å². The summed E-state index contributed by atoms with van der Waals surface area (Å²) in [5.74, 6) is 0.0988. The quantitative estimate of drug-likeness (QED) is 0.394. The summed E-state index contributed by atoms with van der Waals surface area (Å²) < 4.78 is 9.73. The molecule has 0 spiro atoms. The third-order valence-electron chi connectivity index (χ3n) is 1.77. The zero-order valence-electron chi connectivity index (χ0n) is 8.23. The maximum atomic E-state index is 11.5. The van der Waals surface area contributed by atoms with Crippen LogP contribution in [-0.4, -0.2) is 26.3 Å². The van der Waals surface area contributed by atoms with E-state index < -0.39 is 0 Å². The molecule has 0 aromatic heterocycles. The highest BCUT2D eigenvalue weighted by molar-refractivity contribution is 5.96. The van der Waals surface area contributed by atoms with Crippen LogP contribution in [0.25, 0.3) is 0 Å². The van der Waals surface area contributed by atoms with Gasteiger partial charge in [-0.05, 0) is 0 Å². The molecule has 14 heavy (non-hydrogen) atoms. The molecular weight excluding hydrogens is 180 g/mol. The number of ether oxygens (including phenoxy) is 2. The van der Waals surface area contributed by atoms with Crippen molar-refractivity contribution in [2.45, 2.75) is 6.42 Å². The minimum Gasteiger partial charge on any atom is -0.359 e. The summed E-state index contributed by atoms with van der Waals surface area (Å²) in [4.78, 5) is 11.5. The molecule has 0 fully saturated rings. The van der Waals surface area contributed by atoms with Gasteiger partial charge in [-0.25, -0.2) is 0 Å². The van der Waals surface area contributed by atoms with Crippen molar-refractivity contribution in [2.75, 3.05) is 20.5 Å². The van der Waals surface area contributed by atoms with E-state index in [1.807, 2.05) is 18.2 Å². The average Bonchev–Trinajstić information content (AvgIpc) is 2.25. The van der Waals surface area contributed by atoms with E-state index in [0.717, 1.165) is 5.56 Å². The number of hydrogen-bond donors (Lipinski definition) is 0. The Morgan fingerprint density at radius 1 is 1.29 bits per heavy atom. The van der Waals surface area contributed by atoms with E-state index in [1.54, 1.807) is 19.2 Å². The molecule has 3 nitrogen and oxygen atoms in total. The van der Waals surface area contributed by atoms with E-state index in [-0.39, 0.29) is 12.6 Å². The molecule has 0 heterocycles. The first-order valence-electron chi connectivity index (χ1n) is 4.49. The van der Waals surface area contributed by atoms with Gasteiger partial charge in [0.1, 0.15) is 6.79 Å². The molecule has 1 rings (SSSR count). The van der Waals surface area contributed by atoms with E-state index in [4.69, 9.17) is 9.47 Å². The van der Waals surface area contributed by atoms with Crippen molar-refractivity contribution in [2.24, 2.45) is 0 Å². The third-order valence-corrected chi connectivity index (χ3v) is 1.77. The summed E-state index contributed by atoms with van der Waals surface area (Å²) in [6.45, 7) is 0.642. The lowest BCUT2D eigenvalue weighted by Crippen LogP contribution is -2.06. The lowest BCUT2D eigenvalue weighted by molar-refractivity contribution is -0.0295. The Kier molecular flexibility index (Phi) is 4.89. The van der Waals surface area contributed by atoms with Crippen LogP contribution < -0.4 is 0 Å². The zero-order valence-corrected chi connectivity index (χ0v) is 8.23. The molecule has 1 aromatic carbocycles. The minimum atomic E-state index is 0.0988. The van der Waals surface area contributed by atoms with Crippen LogP contribution in [0, 0.1) is 0 Å². The maximum Gasteiger partial charge on any atom is 0.165 e. The first-order valence-corrected chi connectivity index (χ1v) is 4.49. The van der Waals surface area contributed by atoms with E-state index in [9.17, 15) is 4.79 Å². The van der Waals surface area contributed by atoms with Gasteiger partial charge in [0.25, 0.3) is 0 Å². The second-order valence-electron chi connectivity index (χ2n) is 2.85. The van der Waals surface area contributed by atoms with Gasteiger partial charge in [0.2, 0.25) is 0 Å². The predicted molar refractivity (Wildman–Crippen MR) is 53.2 cm³/mol. The predicted octanol–water partition coefficient (Wildman–Crippen LogP) is 1.88. The van der Waals surface area contributed by atoms with Crippen LogP contribution >= 0.6 is 0 Å². The number of ketones is 1. The van der Waals surface area contributed by atoms with Gasteiger partial charge in [0, 0.05) is 19.1 Å². The Morgan fingerprint density at radius 2 is 2.00 bits per heavy atom. The molecule has 0 amide bonds. The normalized spacial score (nSPS) is 10.1. The summed E-state index contributed by atoms with van der Waals surface area (Å²) in [5, 5.41) is 0. The Labute approximate surface area is 83.6 Å². The van der Waals surface area contributed by atoms with Crippen molar-refractivity contribution in [3.05, 3.63) is 35.9 Å². The zero-order chi connectivity index (χ0) is 10.2. The molecule has 0 aliphatic heterocycles. The van der Waals surface area contributed by atoms with Gasteiger partial charge >= 0.3 is 0 Å². The molecule has 1 aromatic rings. The van der Waals surface area contributed by atoms with Gasteiger partial charge in [0.15, 0.2) is 5.78 Å². The fourth-order valence-corrected chi connectivity index (χ4v) is 1.08. The van der Waals surface area contributed by atoms with Crippen LogP contribution in [0.15, 0.2) is 30.3 Å². The van der Waals surface area contributed by atoms with Gasteiger partial charge in [-0.3, -0.25) is 4.79 Å². The molecule has 3 heteroatoms.